The maximum absolute atomic E-state index is 10.5. The number of nitro benzene ring substituents is 1. The maximum Gasteiger partial charge on any atom is 0.269 e. The van der Waals surface area contributed by atoms with Crippen molar-refractivity contribution in [1.82, 2.24) is 0 Å². The summed E-state index contributed by atoms with van der Waals surface area (Å²) in [6.07, 6.45) is 0.821. The van der Waals surface area contributed by atoms with Crippen LogP contribution in [0.4, 0.5) is 5.69 Å². The number of nitro groups is 1. The molecule has 2 aromatic carbocycles. The van der Waals surface area contributed by atoms with Gasteiger partial charge in [-0.3, -0.25) is 10.1 Å². The van der Waals surface area contributed by atoms with Gasteiger partial charge in [0.25, 0.3) is 5.69 Å². The van der Waals surface area contributed by atoms with E-state index in [2.05, 4.69) is 12.1 Å². The topological polar surface area (TPSA) is 52.4 Å². The first kappa shape index (κ1) is 13.1. The lowest BCUT2D eigenvalue weighted by Gasteiger charge is -2.14. The Balaban J connectivity index is 1.95. The van der Waals surface area contributed by atoms with Gasteiger partial charge in [0.15, 0.2) is 0 Å². The Morgan fingerprint density at radius 3 is 2.32 bits per heavy atom. The first-order valence-corrected chi connectivity index (χ1v) is 6.10. The van der Waals surface area contributed by atoms with E-state index in [0.29, 0.717) is 5.75 Å². The second-order valence-electron chi connectivity index (χ2n) is 4.37. The molecular formula is C15H15NO3. The van der Waals surface area contributed by atoms with E-state index >= 15 is 0 Å². The summed E-state index contributed by atoms with van der Waals surface area (Å²) in [6.45, 7) is 1.98. The van der Waals surface area contributed by atoms with Crippen molar-refractivity contribution in [3.63, 3.8) is 0 Å². The molecule has 0 fully saturated rings. The summed E-state index contributed by atoms with van der Waals surface area (Å²) < 4.78 is 5.73. The van der Waals surface area contributed by atoms with E-state index in [4.69, 9.17) is 4.74 Å². The third-order valence-electron chi connectivity index (χ3n) is 2.75. The van der Waals surface area contributed by atoms with E-state index in [9.17, 15) is 10.1 Å². The van der Waals surface area contributed by atoms with E-state index in [0.717, 1.165) is 6.42 Å². The van der Waals surface area contributed by atoms with E-state index < -0.39 is 4.92 Å². The van der Waals surface area contributed by atoms with Crippen LogP contribution in [-0.4, -0.2) is 11.0 Å². The van der Waals surface area contributed by atoms with Crippen molar-refractivity contribution in [3.05, 3.63) is 70.3 Å². The molecule has 4 nitrogen and oxygen atoms in total. The number of ether oxygens (including phenoxy) is 1. The summed E-state index contributed by atoms with van der Waals surface area (Å²) in [5.74, 6) is 0.647. The molecule has 0 aliphatic carbocycles. The molecule has 2 aromatic rings. The van der Waals surface area contributed by atoms with Crippen molar-refractivity contribution in [2.45, 2.75) is 19.4 Å². The van der Waals surface area contributed by atoms with Gasteiger partial charge in [-0.25, -0.2) is 0 Å². The number of hydrogen-bond acceptors (Lipinski definition) is 3. The fourth-order valence-corrected chi connectivity index (χ4v) is 1.87. The monoisotopic (exact) mass is 257 g/mol. The normalized spacial score (nSPS) is 11.8. The number of nitrogens with zero attached hydrogens (tertiary/aromatic N) is 1. The molecule has 0 aromatic heterocycles. The summed E-state index contributed by atoms with van der Waals surface area (Å²) in [6, 6.07) is 16.2. The zero-order valence-corrected chi connectivity index (χ0v) is 10.7. The van der Waals surface area contributed by atoms with Gasteiger partial charge in [-0.1, -0.05) is 30.3 Å². The highest BCUT2D eigenvalue weighted by molar-refractivity contribution is 5.36. The molecule has 0 aliphatic heterocycles. The Labute approximate surface area is 111 Å². The van der Waals surface area contributed by atoms with Gasteiger partial charge in [-0.15, -0.1) is 0 Å². The van der Waals surface area contributed by atoms with Crippen LogP contribution in [0.5, 0.6) is 5.75 Å². The molecule has 0 saturated carbocycles. The lowest BCUT2D eigenvalue weighted by Crippen LogP contribution is -2.14. The van der Waals surface area contributed by atoms with Crippen LogP contribution in [0.25, 0.3) is 0 Å². The van der Waals surface area contributed by atoms with Gasteiger partial charge in [0.2, 0.25) is 0 Å². The molecule has 0 N–H and O–H groups in total. The molecular weight excluding hydrogens is 242 g/mol. The van der Waals surface area contributed by atoms with Crippen LogP contribution in [0, 0.1) is 10.1 Å². The van der Waals surface area contributed by atoms with Crippen LogP contribution in [0.15, 0.2) is 54.6 Å². The van der Waals surface area contributed by atoms with E-state index in [1.165, 1.54) is 17.7 Å². The van der Waals surface area contributed by atoms with Crippen molar-refractivity contribution < 1.29 is 9.66 Å². The van der Waals surface area contributed by atoms with E-state index in [1.54, 1.807) is 12.1 Å². The van der Waals surface area contributed by atoms with Gasteiger partial charge in [-0.2, -0.15) is 0 Å². The summed E-state index contributed by atoms with van der Waals surface area (Å²) in [5, 5.41) is 10.5. The molecule has 0 amide bonds. The van der Waals surface area contributed by atoms with Gasteiger partial charge in [0.1, 0.15) is 5.75 Å². The highest BCUT2D eigenvalue weighted by Gasteiger charge is 2.08. The minimum atomic E-state index is -0.419. The number of rotatable bonds is 5. The molecule has 0 radical (unpaired) electrons. The minimum absolute atomic E-state index is 0.0175. The fraction of sp³-hybridized carbons (Fsp3) is 0.200. The molecule has 1 unspecified atom stereocenters. The molecule has 0 spiro atoms. The highest BCUT2D eigenvalue weighted by Crippen LogP contribution is 2.19. The lowest BCUT2D eigenvalue weighted by molar-refractivity contribution is -0.384. The van der Waals surface area contributed by atoms with E-state index in [1.807, 2.05) is 25.1 Å². The van der Waals surface area contributed by atoms with Gasteiger partial charge >= 0.3 is 0 Å². The van der Waals surface area contributed by atoms with Crippen molar-refractivity contribution >= 4 is 5.69 Å². The predicted octanol–water partition coefficient (Wildman–Crippen LogP) is 3.60. The zero-order chi connectivity index (χ0) is 13.7. The quantitative estimate of drug-likeness (QED) is 0.607. The first-order valence-electron chi connectivity index (χ1n) is 6.10. The smallest absolute Gasteiger partial charge is 0.269 e. The van der Waals surface area contributed by atoms with Crippen LogP contribution < -0.4 is 4.74 Å². The molecule has 0 aliphatic rings. The standard InChI is InChI=1S/C15H15NO3/c1-12(11-13-5-3-2-4-6-13)19-15-9-7-14(8-10-15)16(17)18/h2-10,12H,11H2,1H3. The lowest BCUT2D eigenvalue weighted by atomic mass is 10.1. The Hall–Kier alpha value is -2.36. The van der Waals surface area contributed by atoms with Crippen LogP contribution in [-0.2, 0) is 6.42 Å². The SMILES string of the molecule is CC(Cc1ccccc1)Oc1ccc([N+](=O)[O-])cc1. The Morgan fingerprint density at radius 2 is 1.74 bits per heavy atom. The van der Waals surface area contributed by atoms with Crippen LogP contribution in [0.3, 0.4) is 0 Å². The molecule has 98 valence electrons. The number of hydrogen-bond donors (Lipinski definition) is 0. The largest absolute Gasteiger partial charge is 0.490 e. The van der Waals surface area contributed by atoms with Gasteiger partial charge in [-0.05, 0) is 24.6 Å². The van der Waals surface area contributed by atoms with Crippen LogP contribution in [0.1, 0.15) is 12.5 Å². The molecule has 2 rings (SSSR count). The molecule has 1 atom stereocenters. The number of non-ortho nitro benzene ring substituents is 1. The van der Waals surface area contributed by atoms with E-state index in [-0.39, 0.29) is 11.8 Å². The van der Waals surface area contributed by atoms with Crippen molar-refractivity contribution in [2.24, 2.45) is 0 Å². The second kappa shape index (κ2) is 6.00. The molecule has 19 heavy (non-hydrogen) atoms. The van der Waals surface area contributed by atoms with Gasteiger partial charge < -0.3 is 4.74 Å². The van der Waals surface area contributed by atoms with Gasteiger partial charge in [0, 0.05) is 18.6 Å². The Bertz CT molecular complexity index is 537. The minimum Gasteiger partial charge on any atom is -0.490 e. The summed E-state index contributed by atoms with van der Waals surface area (Å²) >= 11 is 0. The third-order valence-corrected chi connectivity index (χ3v) is 2.75. The average molecular weight is 257 g/mol. The predicted molar refractivity (Wildman–Crippen MR) is 73.3 cm³/mol. The van der Waals surface area contributed by atoms with Crippen LogP contribution in [0.2, 0.25) is 0 Å². The first-order chi connectivity index (χ1) is 9.15. The summed E-state index contributed by atoms with van der Waals surface area (Å²) in [5.41, 5.74) is 1.28. The highest BCUT2D eigenvalue weighted by atomic mass is 16.6. The molecule has 0 saturated heterocycles. The van der Waals surface area contributed by atoms with Crippen molar-refractivity contribution in [1.29, 1.82) is 0 Å². The second-order valence-corrected chi connectivity index (χ2v) is 4.37. The van der Waals surface area contributed by atoms with Crippen molar-refractivity contribution in [2.75, 3.05) is 0 Å². The Morgan fingerprint density at radius 1 is 1.11 bits per heavy atom. The zero-order valence-electron chi connectivity index (χ0n) is 10.7. The Kier molecular flexibility index (Phi) is 4.13. The molecule has 0 bridgehead atoms. The third kappa shape index (κ3) is 3.81. The molecule has 0 heterocycles. The van der Waals surface area contributed by atoms with Crippen LogP contribution >= 0.6 is 0 Å². The molecule has 4 heteroatoms. The summed E-state index contributed by atoms with van der Waals surface area (Å²) in [7, 11) is 0. The van der Waals surface area contributed by atoms with Crippen molar-refractivity contribution in [3.8, 4) is 5.75 Å². The summed E-state index contributed by atoms with van der Waals surface area (Å²) in [4.78, 5) is 10.1. The fourth-order valence-electron chi connectivity index (χ4n) is 1.87. The maximum atomic E-state index is 10.5. The average Bonchev–Trinajstić information content (AvgIpc) is 2.40. The number of benzene rings is 2. The van der Waals surface area contributed by atoms with Gasteiger partial charge in [0.05, 0.1) is 11.0 Å².